The van der Waals surface area contributed by atoms with Crippen LogP contribution in [0.4, 0.5) is 21.9 Å². The Morgan fingerprint density at radius 3 is 2.24 bits per heavy atom. The smallest absolute Gasteiger partial charge is 0.328 e. The number of carbonyl (C=O) groups is 2. The molecule has 234 valence electrons. The summed E-state index contributed by atoms with van der Waals surface area (Å²) in [5.74, 6) is 0.0228. The molecule has 0 spiro atoms. The zero-order valence-electron chi connectivity index (χ0n) is 26.0. The third kappa shape index (κ3) is 6.96. The lowest BCUT2D eigenvalue weighted by molar-refractivity contribution is 0.0827. The Kier molecular flexibility index (Phi) is 9.43. The van der Waals surface area contributed by atoms with Crippen LogP contribution < -0.4 is 19.3 Å². The first kappa shape index (κ1) is 31.6. The largest absolute Gasteiger partial charge is 0.495 e. The molecule has 3 amide bonds. The maximum Gasteiger partial charge on any atom is 0.328 e. The van der Waals surface area contributed by atoms with Gasteiger partial charge in [0.05, 0.1) is 12.8 Å². The molecule has 5 rings (SSSR count). The van der Waals surface area contributed by atoms with Gasteiger partial charge < -0.3 is 9.64 Å². The second-order valence-corrected chi connectivity index (χ2v) is 12.8. The maximum atomic E-state index is 13.8. The van der Waals surface area contributed by atoms with Crippen molar-refractivity contribution in [1.82, 2.24) is 4.90 Å². The van der Waals surface area contributed by atoms with E-state index in [4.69, 9.17) is 4.74 Å². The molecule has 1 aliphatic heterocycles. The fraction of sp³-hybridized carbons (Fsp3) is 0.257. The average Bonchev–Trinajstić information content (AvgIpc) is 3.04. The highest BCUT2D eigenvalue weighted by Gasteiger charge is 2.28. The van der Waals surface area contributed by atoms with Crippen LogP contribution in [-0.4, -0.2) is 59.6 Å². The van der Waals surface area contributed by atoms with Gasteiger partial charge in [-0.3, -0.25) is 19.3 Å². The number of nitrogens with zero attached hydrogens (tertiary/aromatic N) is 3. The Balaban J connectivity index is 1.40. The molecular weight excluding hydrogens is 588 g/mol. The van der Waals surface area contributed by atoms with Crippen LogP contribution in [0.15, 0.2) is 95.9 Å². The first-order valence-corrected chi connectivity index (χ1v) is 16.4. The van der Waals surface area contributed by atoms with Gasteiger partial charge in [0, 0.05) is 44.1 Å². The normalized spacial score (nSPS) is 13.5. The molecule has 4 aromatic rings. The number of anilines is 3. The lowest BCUT2D eigenvalue weighted by atomic mass is 10.0. The van der Waals surface area contributed by atoms with E-state index in [0.29, 0.717) is 41.2 Å². The zero-order chi connectivity index (χ0) is 32.1. The van der Waals surface area contributed by atoms with Gasteiger partial charge in [-0.15, -0.1) is 0 Å². The molecule has 9 nitrogen and oxygen atoms in total. The van der Waals surface area contributed by atoms with E-state index in [1.54, 1.807) is 78.5 Å². The van der Waals surface area contributed by atoms with Crippen molar-refractivity contribution in [2.45, 2.75) is 31.1 Å². The van der Waals surface area contributed by atoms with Gasteiger partial charge in [-0.2, -0.15) is 0 Å². The zero-order valence-corrected chi connectivity index (χ0v) is 26.8. The van der Waals surface area contributed by atoms with E-state index in [9.17, 15) is 18.0 Å². The highest BCUT2D eigenvalue weighted by Crippen LogP contribution is 2.33. The number of hydrogen-bond donors (Lipinski definition) is 1. The number of hydrogen-bond acceptors (Lipinski definition) is 5. The van der Waals surface area contributed by atoms with E-state index < -0.39 is 10.0 Å². The number of urea groups is 1. The van der Waals surface area contributed by atoms with Gasteiger partial charge >= 0.3 is 6.03 Å². The molecule has 1 heterocycles. The minimum Gasteiger partial charge on any atom is -0.495 e. The molecular formula is C35H38N4O5S. The fourth-order valence-electron chi connectivity index (χ4n) is 5.44. The predicted molar refractivity (Wildman–Crippen MR) is 179 cm³/mol. The lowest BCUT2D eigenvalue weighted by Crippen LogP contribution is -2.49. The van der Waals surface area contributed by atoms with Gasteiger partial charge in [0.1, 0.15) is 10.6 Å². The van der Waals surface area contributed by atoms with Gasteiger partial charge in [-0.1, -0.05) is 49.7 Å². The summed E-state index contributed by atoms with van der Waals surface area (Å²) in [5, 5.41) is 0. The Bertz CT molecular complexity index is 1810. The number of nitrogens with one attached hydrogen (secondary N) is 1. The minimum atomic E-state index is -4.11. The van der Waals surface area contributed by atoms with Crippen molar-refractivity contribution in [2.24, 2.45) is 0 Å². The van der Waals surface area contributed by atoms with Crippen molar-refractivity contribution in [3.63, 3.8) is 0 Å². The third-order valence-corrected chi connectivity index (χ3v) is 9.13. The first-order valence-electron chi connectivity index (χ1n) is 14.9. The minimum absolute atomic E-state index is 0.0519. The van der Waals surface area contributed by atoms with E-state index in [2.05, 4.69) is 23.8 Å². The molecule has 1 N–H and O–H groups in total. The molecule has 1 fully saturated rings. The van der Waals surface area contributed by atoms with Crippen LogP contribution in [0.1, 0.15) is 35.7 Å². The molecule has 0 bridgehead atoms. The molecule has 0 aromatic heterocycles. The lowest BCUT2D eigenvalue weighted by Gasteiger charge is -2.36. The van der Waals surface area contributed by atoms with E-state index in [0.717, 1.165) is 24.9 Å². The SMILES string of the molecule is CCCc1ccc(N2CCCN(c3cccc(NS(=O)(=O)c4cc(-c5cccc(C(=O)N(C)C)c5)ccc4OC)c3)C2=O)cc1. The number of carbonyl (C=O) groups excluding carboxylic acids is 2. The van der Waals surface area contributed by atoms with Gasteiger partial charge in [0.25, 0.3) is 15.9 Å². The van der Waals surface area contributed by atoms with Crippen LogP contribution in [0, 0.1) is 0 Å². The number of benzene rings is 4. The first-order chi connectivity index (χ1) is 21.6. The molecule has 0 radical (unpaired) electrons. The average molecular weight is 627 g/mol. The van der Waals surface area contributed by atoms with E-state index in [1.807, 2.05) is 18.2 Å². The summed E-state index contributed by atoms with van der Waals surface area (Å²) < 4.78 is 35.6. The molecule has 0 aliphatic carbocycles. The Hall–Kier alpha value is -4.83. The second-order valence-electron chi connectivity index (χ2n) is 11.2. The number of methoxy groups -OCH3 is 1. The van der Waals surface area contributed by atoms with E-state index in [-0.39, 0.29) is 22.6 Å². The number of rotatable bonds is 10. The monoisotopic (exact) mass is 626 g/mol. The predicted octanol–water partition coefficient (Wildman–Crippen LogP) is 6.65. The number of sulfonamides is 1. The van der Waals surface area contributed by atoms with Gasteiger partial charge in [-0.25, -0.2) is 13.2 Å². The molecule has 1 aliphatic rings. The summed E-state index contributed by atoms with van der Waals surface area (Å²) in [6.45, 7) is 3.26. The molecule has 4 aromatic carbocycles. The molecule has 0 atom stereocenters. The summed E-state index contributed by atoms with van der Waals surface area (Å²) in [7, 11) is 0.654. The molecule has 10 heteroatoms. The van der Waals surface area contributed by atoms with Crippen LogP contribution in [0.2, 0.25) is 0 Å². The van der Waals surface area contributed by atoms with Crippen LogP contribution in [0.5, 0.6) is 5.75 Å². The van der Waals surface area contributed by atoms with Crippen molar-refractivity contribution >= 4 is 39.0 Å². The summed E-state index contributed by atoms with van der Waals surface area (Å²) in [6, 6.07) is 26.7. The molecule has 45 heavy (non-hydrogen) atoms. The number of amides is 3. The van der Waals surface area contributed by atoms with Crippen LogP contribution in [0.3, 0.4) is 0 Å². The summed E-state index contributed by atoms with van der Waals surface area (Å²) in [4.78, 5) is 31.0. The van der Waals surface area contributed by atoms with Crippen LogP contribution in [-0.2, 0) is 16.4 Å². The fourth-order valence-corrected chi connectivity index (χ4v) is 6.68. The summed E-state index contributed by atoms with van der Waals surface area (Å²) in [6.07, 6.45) is 2.81. The highest BCUT2D eigenvalue weighted by molar-refractivity contribution is 7.92. The quantitative estimate of drug-likeness (QED) is 0.212. The standard InChI is InChI=1S/C35H38N4O5S/c1-5-9-25-14-17-30(18-15-25)38-20-8-21-39(35(38)41)31-13-7-12-29(24-31)36-45(42,43)33-23-27(16-19-32(33)44-4)26-10-6-11-28(22-26)34(40)37(2)3/h6-7,10-19,22-24,36H,5,8-9,20-21H2,1-4H3. The van der Waals surface area contributed by atoms with E-state index >= 15 is 0 Å². The Morgan fingerprint density at radius 2 is 1.56 bits per heavy atom. The van der Waals surface area contributed by atoms with Crippen molar-refractivity contribution in [3.8, 4) is 16.9 Å². The summed E-state index contributed by atoms with van der Waals surface area (Å²) in [5.41, 5.74) is 4.77. The summed E-state index contributed by atoms with van der Waals surface area (Å²) >= 11 is 0. The maximum absolute atomic E-state index is 13.8. The van der Waals surface area contributed by atoms with E-state index in [1.165, 1.54) is 23.6 Å². The topological polar surface area (TPSA) is 99.3 Å². The molecule has 1 saturated heterocycles. The second kappa shape index (κ2) is 13.4. The Morgan fingerprint density at radius 1 is 0.867 bits per heavy atom. The Labute approximate surface area is 265 Å². The van der Waals surface area contributed by atoms with Gasteiger partial charge in [0.15, 0.2) is 0 Å². The van der Waals surface area contributed by atoms with Gasteiger partial charge in [0.2, 0.25) is 0 Å². The molecule has 0 saturated carbocycles. The van der Waals surface area contributed by atoms with Gasteiger partial charge in [-0.05, 0) is 84.1 Å². The number of aryl methyl sites for hydroxylation is 1. The van der Waals surface area contributed by atoms with Crippen molar-refractivity contribution < 1.29 is 22.7 Å². The molecule has 0 unspecified atom stereocenters. The van der Waals surface area contributed by atoms with Crippen molar-refractivity contribution in [1.29, 1.82) is 0 Å². The number of ether oxygens (including phenoxy) is 1. The third-order valence-electron chi connectivity index (χ3n) is 7.72. The van der Waals surface area contributed by atoms with Crippen LogP contribution in [0.25, 0.3) is 11.1 Å². The van der Waals surface area contributed by atoms with Crippen molar-refractivity contribution in [2.75, 3.05) is 48.8 Å². The highest BCUT2D eigenvalue weighted by atomic mass is 32.2. The van der Waals surface area contributed by atoms with Crippen molar-refractivity contribution in [3.05, 3.63) is 102 Å². The van der Waals surface area contributed by atoms with Crippen LogP contribution >= 0.6 is 0 Å².